The lowest BCUT2D eigenvalue weighted by atomic mass is 10.1. The van der Waals surface area contributed by atoms with Gasteiger partial charge in [-0.05, 0) is 18.2 Å². The minimum atomic E-state index is 0.225. The van der Waals surface area contributed by atoms with Gasteiger partial charge in [0.2, 0.25) is 6.79 Å². The van der Waals surface area contributed by atoms with Crippen LogP contribution in [-0.4, -0.2) is 22.2 Å². The van der Waals surface area contributed by atoms with Gasteiger partial charge in [0, 0.05) is 5.56 Å². The molecule has 0 radical (unpaired) electrons. The predicted molar refractivity (Wildman–Crippen MR) is 52.7 cm³/mol. The van der Waals surface area contributed by atoms with Crippen LogP contribution in [0.5, 0.6) is 11.5 Å². The highest BCUT2D eigenvalue weighted by molar-refractivity contribution is 5.67. The fourth-order valence-electron chi connectivity index (χ4n) is 1.55. The molecule has 0 atom stereocenters. The van der Waals surface area contributed by atoms with Crippen LogP contribution in [0.15, 0.2) is 18.2 Å². The zero-order valence-electron chi connectivity index (χ0n) is 8.10. The summed E-state index contributed by atoms with van der Waals surface area (Å²) in [5.41, 5.74) is 1.62. The lowest BCUT2D eigenvalue weighted by Crippen LogP contribution is -1.92. The van der Waals surface area contributed by atoms with E-state index in [4.69, 9.17) is 14.7 Å². The summed E-state index contributed by atoms with van der Waals surface area (Å²) in [4.78, 5) is 0. The summed E-state index contributed by atoms with van der Waals surface area (Å²) in [5, 5.41) is 18.8. The molecule has 0 aliphatic carbocycles. The van der Waals surface area contributed by atoms with Crippen LogP contribution in [0, 0.1) is 11.3 Å². The number of benzene rings is 1. The van der Waals surface area contributed by atoms with Crippen LogP contribution in [0.25, 0.3) is 11.3 Å². The Morgan fingerprint density at radius 3 is 3.06 bits per heavy atom. The van der Waals surface area contributed by atoms with Gasteiger partial charge in [0.25, 0.3) is 0 Å². The summed E-state index contributed by atoms with van der Waals surface area (Å²) >= 11 is 0. The third-order valence-electron chi connectivity index (χ3n) is 2.31. The lowest BCUT2D eigenvalue weighted by Gasteiger charge is -1.99. The molecule has 78 valence electrons. The third kappa shape index (κ3) is 1.19. The fraction of sp³-hybridized carbons (Fsp3) is 0.100. The van der Waals surface area contributed by atoms with Crippen molar-refractivity contribution in [3.05, 3.63) is 23.9 Å². The van der Waals surface area contributed by atoms with E-state index in [0.29, 0.717) is 22.9 Å². The number of nitriles is 1. The molecule has 0 spiro atoms. The lowest BCUT2D eigenvalue weighted by molar-refractivity contribution is 0.174. The van der Waals surface area contributed by atoms with Crippen LogP contribution in [0.1, 0.15) is 5.69 Å². The van der Waals surface area contributed by atoms with Crippen molar-refractivity contribution in [2.24, 2.45) is 0 Å². The molecule has 0 fully saturated rings. The van der Waals surface area contributed by atoms with E-state index >= 15 is 0 Å². The Bertz CT molecular complexity index is 585. The number of hydrogen-bond donors (Lipinski definition) is 1. The fourth-order valence-corrected chi connectivity index (χ4v) is 1.55. The molecule has 2 aromatic rings. The number of fused-ring (bicyclic) bond motifs is 1. The van der Waals surface area contributed by atoms with Crippen molar-refractivity contribution in [1.29, 1.82) is 5.26 Å². The van der Waals surface area contributed by atoms with E-state index in [2.05, 4.69) is 15.4 Å². The van der Waals surface area contributed by atoms with E-state index in [1.165, 1.54) is 0 Å². The maximum Gasteiger partial charge on any atom is 0.231 e. The Balaban J connectivity index is 2.11. The Morgan fingerprint density at radius 1 is 1.31 bits per heavy atom. The molecule has 1 aromatic heterocycles. The summed E-state index contributed by atoms with van der Waals surface area (Å²) in [5.74, 6) is 1.36. The molecule has 1 aliphatic heterocycles. The first-order valence-electron chi connectivity index (χ1n) is 4.59. The zero-order valence-corrected chi connectivity index (χ0v) is 8.10. The summed E-state index contributed by atoms with van der Waals surface area (Å²) in [6, 6.07) is 7.36. The average Bonchev–Trinajstić information content (AvgIpc) is 2.96. The second kappa shape index (κ2) is 3.24. The number of H-pyrrole nitrogens is 1. The SMILES string of the molecule is N#Cc1[nH]nnc1-c1ccc2c(c1)OCO2. The smallest absolute Gasteiger partial charge is 0.231 e. The minimum absolute atomic E-state index is 0.225. The molecule has 2 heterocycles. The van der Waals surface area contributed by atoms with Gasteiger partial charge >= 0.3 is 0 Å². The van der Waals surface area contributed by atoms with Crippen molar-refractivity contribution in [2.45, 2.75) is 0 Å². The van der Waals surface area contributed by atoms with E-state index in [1.807, 2.05) is 12.1 Å². The van der Waals surface area contributed by atoms with Gasteiger partial charge in [-0.3, -0.25) is 0 Å². The van der Waals surface area contributed by atoms with Crippen LogP contribution >= 0.6 is 0 Å². The first-order valence-corrected chi connectivity index (χ1v) is 4.59. The second-order valence-corrected chi connectivity index (χ2v) is 3.22. The highest BCUT2D eigenvalue weighted by Gasteiger charge is 2.16. The van der Waals surface area contributed by atoms with Crippen molar-refractivity contribution >= 4 is 0 Å². The van der Waals surface area contributed by atoms with E-state index in [9.17, 15) is 0 Å². The van der Waals surface area contributed by atoms with Gasteiger partial charge in [-0.15, -0.1) is 5.10 Å². The summed E-state index contributed by atoms with van der Waals surface area (Å²) < 4.78 is 10.4. The molecule has 6 heteroatoms. The number of nitrogens with one attached hydrogen (secondary N) is 1. The van der Waals surface area contributed by atoms with Gasteiger partial charge in [0.05, 0.1) is 0 Å². The van der Waals surface area contributed by atoms with E-state index in [1.54, 1.807) is 12.1 Å². The monoisotopic (exact) mass is 214 g/mol. The van der Waals surface area contributed by atoms with Gasteiger partial charge in [0.15, 0.2) is 17.2 Å². The predicted octanol–water partition coefficient (Wildman–Crippen LogP) is 1.07. The maximum atomic E-state index is 8.84. The highest BCUT2D eigenvalue weighted by Crippen LogP contribution is 2.35. The standard InChI is InChI=1S/C10H6N4O2/c11-4-7-10(13-14-12-7)6-1-2-8-9(3-6)16-5-15-8/h1-3H,5H2,(H,12,13,14). The molecule has 0 saturated carbocycles. The second-order valence-electron chi connectivity index (χ2n) is 3.22. The quantitative estimate of drug-likeness (QED) is 0.767. The number of ether oxygens (including phenoxy) is 2. The van der Waals surface area contributed by atoms with Crippen molar-refractivity contribution in [2.75, 3.05) is 6.79 Å². The molecule has 1 aliphatic rings. The maximum absolute atomic E-state index is 8.84. The molecule has 0 saturated heterocycles. The molecule has 0 bridgehead atoms. The molecule has 6 nitrogen and oxygen atoms in total. The van der Waals surface area contributed by atoms with E-state index in [-0.39, 0.29) is 6.79 Å². The van der Waals surface area contributed by atoms with Crippen LogP contribution < -0.4 is 9.47 Å². The highest BCUT2D eigenvalue weighted by atomic mass is 16.7. The molecular formula is C10H6N4O2. The van der Waals surface area contributed by atoms with Gasteiger partial charge in [-0.1, -0.05) is 5.21 Å². The van der Waals surface area contributed by atoms with Gasteiger partial charge < -0.3 is 9.47 Å². The van der Waals surface area contributed by atoms with Crippen molar-refractivity contribution < 1.29 is 9.47 Å². The Morgan fingerprint density at radius 2 is 2.19 bits per heavy atom. The zero-order chi connectivity index (χ0) is 11.0. The number of rotatable bonds is 1. The number of nitrogens with zero attached hydrogens (tertiary/aromatic N) is 3. The van der Waals surface area contributed by atoms with Crippen LogP contribution in [0.2, 0.25) is 0 Å². The molecule has 1 N–H and O–H groups in total. The molecule has 3 rings (SSSR count). The number of hydrogen-bond acceptors (Lipinski definition) is 5. The normalized spacial score (nSPS) is 12.4. The Kier molecular flexibility index (Phi) is 1.77. The van der Waals surface area contributed by atoms with Crippen LogP contribution in [0.3, 0.4) is 0 Å². The number of aromatic nitrogens is 3. The molecular weight excluding hydrogens is 208 g/mol. The molecule has 0 unspecified atom stereocenters. The Labute approximate surface area is 90.4 Å². The molecule has 0 amide bonds. The molecule has 16 heavy (non-hydrogen) atoms. The first kappa shape index (κ1) is 8.73. The summed E-state index contributed by atoms with van der Waals surface area (Å²) in [6.45, 7) is 0.225. The average molecular weight is 214 g/mol. The van der Waals surface area contributed by atoms with Crippen molar-refractivity contribution in [3.8, 4) is 28.8 Å². The first-order chi connectivity index (χ1) is 7.88. The topological polar surface area (TPSA) is 83.8 Å². The van der Waals surface area contributed by atoms with Gasteiger partial charge in [-0.2, -0.15) is 5.26 Å². The van der Waals surface area contributed by atoms with Crippen molar-refractivity contribution in [3.63, 3.8) is 0 Å². The largest absolute Gasteiger partial charge is 0.454 e. The van der Waals surface area contributed by atoms with Gasteiger partial charge in [0.1, 0.15) is 11.8 Å². The third-order valence-corrected chi connectivity index (χ3v) is 2.31. The van der Waals surface area contributed by atoms with Crippen LogP contribution in [-0.2, 0) is 0 Å². The summed E-state index contributed by atoms with van der Waals surface area (Å²) in [7, 11) is 0. The molecule has 1 aromatic carbocycles. The van der Waals surface area contributed by atoms with E-state index < -0.39 is 0 Å². The van der Waals surface area contributed by atoms with E-state index in [0.717, 1.165) is 5.56 Å². The van der Waals surface area contributed by atoms with Crippen molar-refractivity contribution in [1.82, 2.24) is 15.4 Å². The van der Waals surface area contributed by atoms with Crippen LogP contribution in [0.4, 0.5) is 0 Å². The minimum Gasteiger partial charge on any atom is -0.454 e. The number of aromatic amines is 1. The summed E-state index contributed by atoms with van der Waals surface area (Å²) in [6.07, 6.45) is 0. The Hall–Kier alpha value is -2.55. The van der Waals surface area contributed by atoms with Gasteiger partial charge in [-0.25, -0.2) is 5.10 Å².